The lowest BCUT2D eigenvalue weighted by atomic mass is 9.82. The summed E-state index contributed by atoms with van der Waals surface area (Å²) in [5.74, 6) is 0. The molecule has 1 atom stereocenters. The molecule has 0 spiro atoms. The molecule has 1 unspecified atom stereocenters. The highest BCUT2D eigenvalue weighted by Crippen LogP contribution is 2.30. The number of methoxy groups -OCH3 is 1. The van der Waals surface area contributed by atoms with Gasteiger partial charge in [0.2, 0.25) is 0 Å². The second-order valence-electron chi connectivity index (χ2n) is 6.53. The minimum Gasteiger partial charge on any atom is -0.373 e. The van der Waals surface area contributed by atoms with Gasteiger partial charge in [-0.1, -0.05) is 44.2 Å². The van der Waals surface area contributed by atoms with Crippen molar-refractivity contribution in [3.8, 4) is 0 Å². The van der Waals surface area contributed by atoms with Crippen molar-refractivity contribution in [2.45, 2.75) is 32.8 Å². The van der Waals surface area contributed by atoms with Gasteiger partial charge in [-0.15, -0.1) is 0 Å². The number of ether oxygens (including phenoxy) is 1. The maximum atomic E-state index is 5.32. The van der Waals surface area contributed by atoms with Crippen LogP contribution in [-0.4, -0.2) is 50.3 Å². The molecule has 2 nitrogen and oxygen atoms in total. The number of hydrogen-bond acceptors (Lipinski definition) is 3. The van der Waals surface area contributed by atoms with Crippen molar-refractivity contribution in [1.29, 1.82) is 0 Å². The van der Waals surface area contributed by atoms with Crippen molar-refractivity contribution < 1.29 is 4.74 Å². The number of piperidine rings is 1. The zero-order valence-corrected chi connectivity index (χ0v) is 15.1. The van der Waals surface area contributed by atoms with Gasteiger partial charge in [0.05, 0.1) is 6.10 Å². The van der Waals surface area contributed by atoms with Crippen LogP contribution in [0.3, 0.4) is 0 Å². The highest BCUT2D eigenvalue weighted by molar-refractivity contribution is 7.97. The summed E-state index contributed by atoms with van der Waals surface area (Å²) in [7, 11) is 1.75. The topological polar surface area (TPSA) is 12.5 Å². The van der Waals surface area contributed by atoms with E-state index in [2.05, 4.69) is 49.1 Å². The molecule has 0 N–H and O–H groups in total. The van der Waals surface area contributed by atoms with Gasteiger partial charge in [-0.2, -0.15) is 11.8 Å². The van der Waals surface area contributed by atoms with Crippen molar-refractivity contribution in [3.05, 3.63) is 36.0 Å². The summed E-state index contributed by atoms with van der Waals surface area (Å²) < 4.78 is 5.32. The molecule has 0 amide bonds. The molecule has 0 aromatic carbocycles. The third-order valence-electron chi connectivity index (χ3n) is 4.00. The molecular formula is C18H31NOS. The fraction of sp³-hybridized carbons (Fsp3) is 0.667. The van der Waals surface area contributed by atoms with Gasteiger partial charge in [0.25, 0.3) is 0 Å². The first-order chi connectivity index (χ1) is 10.0. The molecule has 1 fully saturated rings. The van der Waals surface area contributed by atoms with Crippen LogP contribution in [0.5, 0.6) is 0 Å². The van der Waals surface area contributed by atoms with Crippen LogP contribution in [0.4, 0.5) is 0 Å². The maximum Gasteiger partial charge on any atom is 0.0939 e. The van der Waals surface area contributed by atoms with E-state index in [0.29, 0.717) is 5.41 Å². The quantitative estimate of drug-likeness (QED) is 0.777. The summed E-state index contributed by atoms with van der Waals surface area (Å²) in [6.45, 7) is 8.25. The lowest BCUT2D eigenvalue weighted by Gasteiger charge is -2.37. The molecule has 0 saturated carbocycles. The van der Waals surface area contributed by atoms with E-state index in [0.717, 1.165) is 6.54 Å². The Hall–Kier alpha value is -0.510. The SMILES string of the molecule is COC1C=CC=C(CN2CCC(C)(C)CC2)C=C1.CSC. The number of hydrogen-bond donors (Lipinski definition) is 0. The molecule has 0 radical (unpaired) electrons. The third-order valence-corrected chi connectivity index (χ3v) is 4.00. The smallest absolute Gasteiger partial charge is 0.0939 e. The van der Waals surface area contributed by atoms with Crippen LogP contribution < -0.4 is 0 Å². The highest BCUT2D eigenvalue weighted by Gasteiger charge is 2.25. The van der Waals surface area contributed by atoms with E-state index >= 15 is 0 Å². The first-order valence-electron chi connectivity index (χ1n) is 7.71. The maximum absolute atomic E-state index is 5.32. The third kappa shape index (κ3) is 7.35. The average Bonchev–Trinajstić information content (AvgIpc) is 2.67. The van der Waals surface area contributed by atoms with E-state index in [-0.39, 0.29) is 6.10 Å². The molecular weight excluding hydrogens is 278 g/mol. The van der Waals surface area contributed by atoms with Crippen molar-refractivity contribution in [1.82, 2.24) is 4.90 Å². The summed E-state index contributed by atoms with van der Waals surface area (Å²) in [5.41, 5.74) is 1.91. The Kier molecular flexibility index (Phi) is 8.38. The molecule has 120 valence electrons. The van der Waals surface area contributed by atoms with Gasteiger partial charge < -0.3 is 4.74 Å². The van der Waals surface area contributed by atoms with Gasteiger partial charge in [-0.25, -0.2) is 0 Å². The van der Waals surface area contributed by atoms with Crippen LogP contribution in [0.2, 0.25) is 0 Å². The lowest BCUT2D eigenvalue weighted by Crippen LogP contribution is -2.38. The minimum absolute atomic E-state index is 0.124. The largest absolute Gasteiger partial charge is 0.373 e. The zero-order valence-electron chi connectivity index (χ0n) is 14.3. The van der Waals surface area contributed by atoms with E-state index in [1.54, 1.807) is 18.9 Å². The zero-order chi connectivity index (χ0) is 15.7. The van der Waals surface area contributed by atoms with Crippen LogP contribution >= 0.6 is 11.8 Å². The summed E-state index contributed by atoms with van der Waals surface area (Å²) >= 11 is 1.75. The fourth-order valence-electron chi connectivity index (χ4n) is 2.46. The van der Waals surface area contributed by atoms with Gasteiger partial charge in [0.1, 0.15) is 0 Å². The summed E-state index contributed by atoms with van der Waals surface area (Å²) in [4.78, 5) is 2.56. The predicted octanol–water partition coefficient (Wildman–Crippen LogP) is 4.16. The molecule has 1 heterocycles. The van der Waals surface area contributed by atoms with Crippen LogP contribution in [-0.2, 0) is 4.74 Å². The highest BCUT2D eigenvalue weighted by atomic mass is 32.2. The Bertz CT molecular complexity index is 375. The number of thioether (sulfide) groups is 1. The Morgan fingerprint density at radius 1 is 1.24 bits per heavy atom. The van der Waals surface area contributed by atoms with Gasteiger partial charge in [-0.3, -0.25) is 4.90 Å². The standard InChI is InChI=1S/C16H25NO.C2H6S/c1-16(2)9-11-17(12-10-16)13-14-5-4-6-15(18-3)8-7-14;1-3-2/h4-8,15H,9-13H2,1-3H3;1-2H3. The number of rotatable bonds is 3. The first-order valence-corrected chi connectivity index (χ1v) is 9.35. The van der Waals surface area contributed by atoms with Crippen LogP contribution in [0.15, 0.2) is 36.0 Å². The van der Waals surface area contributed by atoms with E-state index in [4.69, 9.17) is 4.74 Å². The first kappa shape index (κ1) is 18.5. The predicted molar refractivity (Wildman–Crippen MR) is 96.1 cm³/mol. The Morgan fingerprint density at radius 2 is 1.86 bits per heavy atom. The Morgan fingerprint density at radius 3 is 2.43 bits per heavy atom. The molecule has 0 aromatic rings. The number of likely N-dealkylation sites (tertiary alicyclic amines) is 1. The summed E-state index contributed by atoms with van der Waals surface area (Å²) in [6.07, 6.45) is 17.5. The van der Waals surface area contributed by atoms with E-state index in [9.17, 15) is 0 Å². The van der Waals surface area contributed by atoms with Crippen molar-refractivity contribution >= 4 is 11.8 Å². The van der Waals surface area contributed by atoms with E-state index in [1.807, 2.05) is 12.5 Å². The molecule has 2 rings (SSSR count). The van der Waals surface area contributed by atoms with Gasteiger partial charge >= 0.3 is 0 Å². The Balaban J connectivity index is 0.000000677. The monoisotopic (exact) mass is 309 g/mol. The van der Waals surface area contributed by atoms with Gasteiger partial charge in [0, 0.05) is 13.7 Å². The normalized spacial score (nSPS) is 24.8. The summed E-state index contributed by atoms with van der Waals surface area (Å²) in [5, 5.41) is 0. The van der Waals surface area contributed by atoms with E-state index < -0.39 is 0 Å². The van der Waals surface area contributed by atoms with Crippen molar-refractivity contribution in [2.75, 3.05) is 39.3 Å². The molecule has 0 bridgehead atoms. The number of allylic oxidation sites excluding steroid dienone is 2. The van der Waals surface area contributed by atoms with Crippen molar-refractivity contribution in [3.63, 3.8) is 0 Å². The lowest BCUT2D eigenvalue weighted by molar-refractivity contribution is 0.142. The molecule has 1 saturated heterocycles. The molecule has 3 heteroatoms. The Labute approximate surface area is 135 Å². The second kappa shape index (κ2) is 9.50. The average molecular weight is 310 g/mol. The second-order valence-corrected chi connectivity index (χ2v) is 7.35. The summed E-state index contributed by atoms with van der Waals surface area (Å²) in [6, 6.07) is 0. The van der Waals surface area contributed by atoms with Gasteiger partial charge in [0.15, 0.2) is 0 Å². The molecule has 21 heavy (non-hydrogen) atoms. The van der Waals surface area contributed by atoms with Crippen LogP contribution in [0, 0.1) is 5.41 Å². The molecule has 2 aliphatic rings. The van der Waals surface area contributed by atoms with E-state index in [1.165, 1.54) is 31.5 Å². The molecule has 1 aliphatic heterocycles. The molecule has 0 aromatic heterocycles. The van der Waals surface area contributed by atoms with Crippen LogP contribution in [0.1, 0.15) is 26.7 Å². The fourth-order valence-corrected chi connectivity index (χ4v) is 2.46. The minimum atomic E-state index is 0.124. The van der Waals surface area contributed by atoms with Crippen molar-refractivity contribution in [2.24, 2.45) is 5.41 Å². The van der Waals surface area contributed by atoms with Crippen LogP contribution in [0.25, 0.3) is 0 Å². The molecule has 1 aliphatic carbocycles. The number of nitrogens with zero attached hydrogens (tertiary/aromatic N) is 1. The van der Waals surface area contributed by atoms with Gasteiger partial charge in [-0.05, 0) is 49.4 Å².